The van der Waals surface area contributed by atoms with Crippen LogP contribution < -0.4 is 113 Å². The molecule has 2 fully saturated rings. The van der Waals surface area contributed by atoms with Gasteiger partial charge in [0.25, 0.3) is 0 Å². The maximum atomic E-state index is 12.3. The summed E-state index contributed by atoms with van der Waals surface area (Å²) in [5.74, 6) is 0.137. The second kappa shape index (κ2) is 46.5. The first-order valence-electron chi connectivity index (χ1n) is 29.0. The molecule has 446 valence electrons. The fourth-order valence-corrected chi connectivity index (χ4v) is 8.98. The summed E-state index contributed by atoms with van der Waals surface area (Å²) in [6.45, 7) is 14.1. The summed E-state index contributed by atoms with van der Waals surface area (Å²) in [5, 5.41) is 33.8. The summed E-state index contributed by atoms with van der Waals surface area (Å²) in [5.41, 5.74) is 3.61. The molecular formula is C70H80K2O14. The molecule has 0 atom stereocenters. The Balaban J connectivity index is 0.000000201. The van der Waals surface area contributed by atoms with E-state index < -0.39 is 0 Å². The fourth-order valence-electron chi connectivity index (χ4n) is 8.98. The van der Waals surface area contributed by atoms with Gasteiger partial charge in [0.2, 0.25) is 0 Å². The first kappa shape index (κ1) is 73.2. The van der Waals surface area contributed by atoms with Crippen LogP contribution in [0.15, 0.2) is 194 Å². The Bertz CT molecular complexity index is 2710. The minimum absolute atomic E-state index is 0. The molecule has 14 nitrogen and oxygen atoms in total. The van der Waals surface area contributed by atoms with Crippen molar-refractivity contribution in [3.63, 3.8) is 0 Å². The molecule has 9 aromatic carbocycles. The second-order valence-electron chi connectivity index (χ2n) is 18.9. The van der Waals surface area contributed by atoms with Crippen LogP contribution in [-0.2, 0) is 56.8 Å². The van der Waals surface area contributed by atoms with Crippen molar-refractivity contribution < 1.29 is 170 Å². The van der Waals surface area contributed by atoms with Crippen molar-refractivity contribution >= 4 is 43.1 Å². The molecule has 0 amide bonds. The molecule has 0 spiro atoms. The Morgan fingerprint density at radius 1 is 0.198 bits per heavy atom. The molecule has 0 bridgehead atoms. The van der Waals surface area contributed by atoms with Gasteiger partial charge in [0.1, 0.15) is 0 Å². The molecule has 0 radical (unpaired) electrons. The maximum absolute atomic E-state index is 12.3. The Hall–Kier alpha value is -3.59. The molecule has 0 aromatic heterocycles. The van der Waals surface area contributed by atoms with Crippen molar-refractivity contribution in [2.75, 3.05) is 159 Å². The second-order valence-corrected chi connectivity index (χ2v) is 18.9. The van der Waals surface area contributed by atoms with Crippen LogP contribution >= 0.6 is 0 Å². The predicted octanol–water partition coefficient (Wildman–Crippen LogP) is 5.36. The molecule has 2 aliphatic heterocycles. The van der Waals surface area contributed by atoms with E-state index in [2.05, 4.69) is 60.7 Å². The van der Waals surface area contributed by atoms with E-state index in [1.54, 1.807) is 24.3 Å². The molecule has 11 rings (SSSR count). The van der Waals surface area contributed by atoms with Gasteiger partial charge in [0.05, 0.1) is 159 Å². The van der Waals surface area contributed by atoms with Crippen molar-refractivity contribution in [3.05, 3.63) is 194 Å². The van der Waals surface area contributed by atoms with Crippen LogP contribution in [0, 0.1) is 0 Å². The minimum Gasteiger partial charge on any atom is -0.872 e. The molecule has 0 N–H and O–H groups in total. The third-order valence-corrected chi connectivity index (χ3v) is 13.0. The number of hydrogen-bond donors (Lipinski definition) is 0. The molecule has 2 saturated heterocycles. The van der Waals surface area contributed by atoms with E-state index in [0.29, 0.717) is 159 Å². The number of ether oxygens (including phenoxy) is 12. The van der Waals surface area contributed by atoms with Crippen LogP contribution in [0.25, 0.3) is 65.3 Å². The molecule has 0 aliphatic carbocycles. The first-order chi connectivity index (χ1) is 41.7. The smallest absolute Gasteiger partial charge is 0.872 e. The summed E-state index contributed by atoms with van der Waals surface area (Å²) in [6, 6.07) is 63.8. The monoisotopic (exact) mass is 1220 g/mol. The molecule has 2 aliphatic rings. The molecular weight excluding hydrogens is 1140 g/mol. The van der Waals surface area contributed by atoms with E-state index in [1.807, 2.05) is 109 Å². The largest absolute Gasteiger partial charge is 1.00 e. The quantitative estimate of drug-likeness (QED) is 0.161. The summed E-state index contributed by atoms with van der Waals surface area (Å²) >= 11 is 0. The number of rotatable bonds is 2. The Kier molecular flexibility index (Phi) is 39.5. The van der Waals surface area contributed by atoms with E-state index in [4.69, 9.17) is 56.8 Å². The van der Waals surface area contributed by atoms with Gasteiger partial charge in [0.15, 0.2) is 0 Å². The van der Waals surface area contributed by atoms with Gasteiger partial charge < -0.3 is 67.1 Å². The van der Waals surface area contributed by atoms with Gasteiger partial charge in [-0.05, 0) is 77.5 Å². The molecule has 0 unspecified atom stereocenters. The van der Waals surface area contributed by atoms with Crippen LogP contribution in [0.4, 0.5) is 0 Å². The number of hydrogen-bond acceptors (Lipinski definition) is 14. The number of para-hydroxylation sites is 2. The minimum atomic E-state index is 0. The topological polar surface area (TPSA) is 157 Å². The van der Waals surface area contributed by atoms with Crippen molar-refractivity contribution in [1.82, 2.24) is 0 Å². The van der Waals surface area contributed by atoms with Crippen LogP contribution in [0.1, 0.15) is 0 Å². The zero-order valence-corrected chi connectivity index (χ0v) is 56.4. The van der Waals surface area contributed by atoms with Gasteiger partial charge in [-0.1, -0.05) is 182 Å². The molecule has 2 heterocycles. The van der Waals surface area contributed by atoms with Crippen molar-refractivity contribution in [1.29, 1.82) is 0 Å². The third-order valence-electron chi connectivity index (χ3n) is 13.0. The Morgan fingerprint density at radius 3 is 0.547 bits per heavy atom. The maximum Gasteiger partial charge on any atom is 1.00 e. The van der Waals surface area contributed by atoms with Gasteiger partial charge in [0, 0.05) is 0 Å². The van der Waals surface area contributed by atoms with Gasteiger partial charge >= 0.3 is 103 Å². The van der Waals surface area contributed by atoms with Gasteiger partial charge in [-0.2, -0.15) is 0 Å². The first-order valence-corrected chi connectivity index (χ1v) is 29.0. The standard InChI is InChI=1S/2C20H14O.2C12H24O6.C6H6.2K/c2*21-19-12-6-5-11-18(19)20-16-9-3-1-7-14(16)13-15-8-2-4-10-17(15)20;2*1-2-14-5-6-16-9-10-18-12-11-17-8-7-15-4-3-13-1;1-2-4-6-5-3-1;;/h2*1-13,21H;2*1-12H2;1-6H;;/q;;;;;2*+1/p-2. The van der Waals surface area contributed by atoms with E-state index in [0.717, 1.165) is 65.3 Å². The summed E-state index contributed by atoms with van der Waals surface area (Å²) in [7, 11) is 0. The Morgan fingerprint density at radius 2 is 0.360 bits per heavy atom. The molecule has 0 saturated carbocycles. The zero-order valence-electron chi connectivity index (χ0n) is 50.2. The van der Waals surface area contributed by atoms with Gasteiger partial charge in [-0.15, -0.1) is 11.5 Å². The SMILES string of the molecule is C1COCCOCCOCCOCCOCCO1.C1COCCOCCOCCOCCOCCO1.[K+].[K+].[O-]c1ccccc1-c1c2ccccc2cc2ccccc12.[O-]c1ccccc1-c1c2ccccc2cc2ccccc12.c1ccccc1. The van der Waals surface area contributed by atoms with Crippen LogP contribution in [0.2, 0.25) is 0 Å². The predicted molar refractivity (Wildman–Crippen MR) is 329 cm³/mol. The van der Waals surface area contributed by atoms with Crippen molar-refractivity contribution in [2.45, 2.75) is 0 Å². The van der Waals surface area contributed by atoms with Crippen LogP contribution in [-0.4, -0.2) is 159 Å². The van der Waals surface area contributed by atoms with Gasteiger partial charge in [-0.25, -0.2) is 0 Å². The summed E-state index contributed by atoms with van der Waals surface area (Å²) in [6.07, 6.45) is 0. The van der Waals surface area contributed by atoms with Gasteiger partial charge in [-0.3, -0.25) is 0 Å². The van der Waals surface area contributed by atoms with E-state index >= 15 is 0 Å². The molecule has 9 aromatic rings. The van der Waals surface area contributed by atoms with Crippen molar-refractivity contribution in [2.24, 2.45) is 0 Å². The van der Waals surface area contributed by atoms with E-state index in [1.165, 1.54) is 0 Å². The molecule has 16 heteroatoms. The third kappa shape index (κ3) is 27.3. The van der Waals surface area contributed by atoms with Crippen LogP contribution in [0.5, 0.6) is 11.5 Å². The van der Waals surface area contributed by atoms with E-state index in [9.17, 15) is 10.2 Å². The fraction of sp³-hybridized carbons (Fsp3) is 0.343. The van der Waals surface area contributed by atoms with Crippen LogP contribution in [0.3, 0.4) is 0 Å². The van der Waals surface area contributed by atoms with E-state index in [-0.39, 0.29) is 114 Å². The zero-order chi connectivity index (χ0) is 58.2. The Labute approximate surface area is 592 Å². The van der Waals surface area contributed by atoms with Crippen molar-refractivity contribution in [3.8, 4) is 33.8 Å². The number of benzene rings is 9. The average molecular weight is 1220 g/mol. The molecule has 86 heavy (non-hydrogen) atoms. The normalized spacial score (nSPS) is 16.0. The number of fused-ring (bicyclic) bond motifs is 4. The summed E-state index contributed by atoms with van der Waals surface area (Å²) in [4.78, 5) is 0. The average Bonchev–Trinajstić information content (AvgIpc) is 1.01. The summed E-state index contributed by atoms with van der Waals surface area (Å²) < 4.78 is 63.9.